The van der Waals surface area contributed by atoms with E-state index in [0.717, 1.165) is 36.2 Å². The van der Waals surface area contributed by atoms with Crippen molar-refractivity contribution in [2.45, 2.75) is 39.0 Å². The molecule has 0 unspecified atom stereocenters. The van der Waals surface area contributed by atoms with Crippen LogP contribution in [0.4, 0.5) is 14.6 Å². The molecule has 4 aromatic rings. The number of nitrogens with one attached hydrogen (secondary N) is 1. The molecule has 0 aliphatic heterocycles. The predicted molar refractivity (Wildman–Crippen MR) is 112 cm³/mol. The van der Waals surface area contributed by atoms with Gasteiger partial charge in [0.1, 0.15) is 5.82 Å². The number of rotatable bonds is 5. The molecule has 0 bridgehead atoms. The van der Waals surface area contributed by atoms with Crippen LogP contribution in [-0.2, 0) is 17.1 Å². The highest BCUT2D eigenvalue weighted by atomic mass is 19.3. The molecule has 0 spiro atoms. The molecule has 7 nitrogen and oxygen atoms in total. The molecular weight excluding hydrogens is 402 g/mol. The van der Waals surface area contributed by atoms with Crippen LogP contribution in [0.25, 0.3) is 27.8 Å². The van der Waals surface area contributed by atoms with Crippen LogP contribution < -0.4 is 5.32 Å². The fourth-order valence-electron chi connectivity index (χ4n) is 3.55. The number of halogens is 2. The average molecular weight is 422 g/mol. The molecule has 1 N–H and O–H groups in total. The molecule has 31 heavy (non-hydrogen) atoms. The highest BCUT2D eigenvalue weighted by Gasteiger charge is 2.30. The van der Waals surface area contributed by atoms with Gasteiger partial charge in [0.25, 0.3) is 5.92 Å². The zero-order valence-electron chi connectivity index (χ0n) is 17.1. The number of aromatic nitrogens is 5. The van der Waals surface area contributed by atoms with Crippen molar-refractivity contribution in [3.05, 3.63) is 48.0 Å². The molecule has 1 amide bonds. The van der Waals surface area contributed by atoms with Gasteiger partial charge in [0.05, 0.1) is 0 Å². The second-order valence-electron chi connectivity index (χ2n) is 7.90. The minimum atomic E-state index is -2.97. The molecule has 1 saturated carbocycles. The highest BCUT2D eigenvalue weighted by molar-refractivity contribution is 6.00. The predicted octanol–water partition coefficient (Wildman–Crippen LogP) is 4.36. The van der Waals surface area contributed by atoms with E-state index in [1.807, 2.05) is 6.92 Å². The number of pyridine rings is 3. The van der Waals surface area contributed by atoms with Crippen molar-refractivity contribution >= 4 is 28.1 Å². The van der Waals surface area contributed by atoms with Crippen molar-refractivity contribution in [3.63, 3.8) is 0 Å². The van der Waals surface area contributed by atoms with Crippen molar-refractivity contribution in [1.29, 1.82) is 0 Å². The van der Waals surface area contributed by atoms with Gasteiger partial charge in [-0.3, -0.25) is 9.78 Å². The summed E-state index contributed by atoms with van der Waals surface area (Å²) in [6.07, 6.45) is 7.16. The summed E-state index contributed by atoms with van der Waals surface area (Å²) < 4.78 is 28.7. The Morgan fingerprint density at radius 2 is 2.03 bits per heavy atom. The first-order valence-electron chi connectivity index (χ1n) is 10.2. The minimum Gasteiger partial charge on any atom is -0.310 e. The Kier molecular flexibility index (Phi) is 4.42. The Morgan fingerprint density at radius 3 is 2.74 bits per heavy atom. The van der Waals surface area contributed by atoms with Gasteiger partial charge >= 0.3 is 0 Å². The molecule has 4 heterocycles. The Balaban J connectivity index is 1.63. The summed E-state index contributed by atoms with van der Waals surface area (Å²) in [6.45, 7) is 2.84. The first-order chi connectivity index (χ1) is 14.8. The van der Waals surface area contributed by atoms with E-state index in [-0.39, 0.29) is 17.4 Å². The number of carbonyl (C=O) groups is 1. The van der Waals surface area contributed by atoms with Crippen LogP contribution in [0, 0.1) is 5.92 Å². The van der Waals surface area contributed by atoms with Crippen LogP contribution in [0.5, 0.6) is 0 Å². The van der Waals surface area contributed by atoms with Crippen LogP contribution in [0.1, 0.15) is 37.9 Å². The molecule has 1 aliphatic rings. The smallest absolute Gasteiger partial charge is 0.272 e. The zero-order chi connectivity index (χ0) is 21.8. The summed E-state index contributed by atoms with van der Waals surface area (Å²) in [5.74, 6) is -2.13. The molecule has 9 heteroatoms. The van der Waals surface area contributed by atoms with Crippen molar-refractivity contribution in [3.8, 4) is 11.4 Å². The fourth-order valence-corrected chi connectivity index (χ4v) is 3.55. The maximum Gasteiger partial charge on any atom is 0.272 e. The zero-order valence-corrected chi connectivity index (χ0v) is 17.1. The van der Waals surface area contributed by atoms with Crippen LogP contribution in [0.15, 0.2) is 36.8 Å². The first kappa shape index (κ1) is 19.5. The van der Waals surface area contributed by atoms with Crippen LogP contribution in [0.3, 0.4) is 0 Å². The topological polar surface area (TPSA) is 85.1 Å². The van der Waals surface area contributed by atoms with E-state index in [2.05, 4.69) is 25.4 Å². The van der Waals surface area contributed by atoms with Gasteiger partial charge in [-0.1, -0.05) is 6.92 Å². The van der Waals surface area contributed by atoms with E-state index in [9.17, 15) is 13.6 Å². The number of nitrogens with zero attached hydrogens (tertiary/aromatic N) is 5. The van der Waals surface area contributed by atoms with E-state index in [1.165, 1.54) is 22.8 Å². The third-order valence-corrected chi connectivity index (χ3v) is 5.47. The Hall–Kier alpha value is -3.49. The van der Waals surface area contributed by atoms with Crippen molar-refractivity contribution in [1.82, 2.24) is 24.6 Å². The number of fused-ring (bicyclic) bond motifs is 2. The Labute approximate surface area is 176 Å². The van der Waals surface area contributed by atoms with E-state index >= 15 is 0 Å². The molecule has 0 atom stereocenters. The van der Waals surface area contributed by atoms with Crippen LogP contribution in [-0.4, -0.2) is 30.5 Å². The van der Waals surface area contributed by atoms with Gasteiger partial charge in [0, 0.05) is 59.0 Å². The average Bonchev–Trinajstić information content (AvgIpc) is 3.51. The number of aryl methyl sites for hydroxylation is 1. The highest BCUT2D eigenvalue weighted by Crippen LogP contribution is 2.33. The van der Waals surface area contributed by atoms with Crippen molar-refractivity contribution in [2.24, 2.45) is 5.92 Å². The Morgan fingerprint density at radius 1 is 1.23 bits per heavy atom. The molecule has 1 aliphatic carbocycles. The molecule has 5 rings (SSSR count). The molecule has 1 fully saturated rings. The Bertz CT molecular complexity index is 1320. The maximum atomic E-state index is 13.7. The fraction of sp³-hybridized carbons (Fsp3) is 0.318. The van der Waals surface area contributed by atoms with E-state index in [4.69, 9.17) is 0 Å². The van der Waals surface area contributed by atoms with Gasteiger partial charge in [0.15, 0.2) is 11.5 Å². The number of amides is 1. The standard InChI is InChI=1S/C22H20F2N6O/c1-3-17-15-9-26-18(27-21(31)12-4-5-12)8-14(15)16(10-25-17)20-28-19-7-6-13(22(2,23)24)11-30(19)29-20/h6-12H,3-5H2,1-2H3,(H,26,27,31). The SMILES string of the molecule is CCc1ncc(-c2nc3ccc(C(C)(F)F)cn3n2)c2cc(NC(=O)C3CC3)ncc12. The molecule has 158 valence electrons. The summed E-state index contributed by atoms with van der Waals surface area (Å²) in [5.41, 5.74) is 1.81. The lowest BCUT2D eigenvalue weighted by atomic mass is 10.1. The number of alkyl halides is 2. The van der Waals surface area contributed by atoms with E-state index < -0.39 is 5.92 Å². The quantitative estimate of drug-likeness (QED) is 0.517. The van der Waals surface area contributed by atoms with Gasteiger partial charge in [-0.05, 0) is 37.5 Å². The van der Waals surface area contributed by atoms with Gasteiger partial charge in [-0.25, -0.2) is 23.3 Å². The van der Waals surface area contributed by atoms with Gasteiger partial charge < -0.3 is 5.32 Å². The van der Waals surface area contributed by atoms with Crippen LogP contribution >= 0.6 is 0 Å². The van der Waals surface area contributed by atoms with Crippen molar-refractivity contribution < 1.29 is 13.6 Å². The summed E-state index contributed by atoms with van der Waals surface area (Å²) >= 11 is 0. The second kappa shape index (κ2) is 7.04. The van der Waals surface area contributed by atoms with E-state index in [1.54, 1.807) is 18.5 Å². The summed E-state index contributed by atoms with van der Waals surface area (Å²) in [5, 5.41) is 8.91. The monoisotopic (exact) mass is 422 g/mol. The normalized spacial score (nSPS) is 14.3. The minimum absolute atomic E-state index is 0.0305. The molecule has 0 saturated heterocycles. The lowest BCUT2D eigenvalue weighted by Crippen LogP contribution is -2.14. The first-order valence-corrected chi connectivity index (χ1v) is 10.2. The number of hydrogen-bond donors (Lipinski definition) is 1. The van der Waals surface area contributed by atoms with Gasteiger partial charge in [-0.15, -0.1) is 5.10 Å². The number of carbonyl (C=O) groups excluding carboxylic acids is 1. The largest absolute Gasteiger partial charge is 0.310 e. The lowest BCUT2D eigenvalue weighted by Gasteiger charge is -2.10. The second-order valence-corrected chi connectivity index (χ2v) is 7.90. The molecule has 0 aromatic carbocycles. The van der Waals surface area contributed by atoms with Gasteiger partial charge in [0.2, 0.25) is 5.91 Å². The molecule has 0 radical (unpaired) electrons. The van der Waals surface area contributed by atoms with E-state index in [0.29, 0.717) is 29.3 Å². The lowest BCUT2D eigenvalue weighted by molar-refractivity contribution is -0.117. The third-order valence-electron chi connectivity index (χ3n) is 5.47. The summed E-state index contributed by atoms with van der Waals surface area (Å²) in [4.78, 5) is 25.6. The number of hydrogen-bond acceptors (Lipinski definition) is 5. The summed E-state index contributed by atoms with van der Waals surface area (Å²) in [7, 11) is 0. The third kappa shape index (κ3) is 3.60. The van der Waals surface area contributed by atoms with Crippen molar-refractivity contribution in [2.75, 3.05) is 5.32 Å². The van der Waals surface area contributed by atoms with Crippen LogP contribution in [0.2, 0.25) is 0 Å². The molecular formula is C22H20F2N6O. The van der Waals surface area contributed by atoms with Gasteiger partial charge in [-0.2, -0.15) is 0 Å². The number of anilines is 1. The molecule has 4 aromatic heterocycles. The summed E-state index contributed by atoms with van der Waals surface area (Å²) in [6, 6.07) is 4.66. The maximum absolute atomic E-state index is 13.7.